The summed E-state index contributed by atoms with van der Waals surface area (Å²) in [4.78, 5) is 30.9. The molecule has 202 valence electrons. The third kappa shape index (κ3) is 5.22. The van der Waals surface area contributed by atoms with Crippen LogP contribution in [0.2, 0.25) is 0 Å². The lowest BCUT2D eigenvalue weighted by Gasteiger charge is -2.19. The molecule has 0 aliphatic heterocycles. The molecule has 40 heavy (non-hydrogen) atoms. The van der Waals surface area contributed by atoms with Gasteiger partial charge in [-0.15, -0.1) is 11.3 Å². The summed E-state index contributed by atoms with van der Waals surface area (Å²) in [6.45, 7) is 2.19. The average molecular weight is 553 g/mol. The van der Waals surface area contributed by atoms with Crippen LogP contribution in [-0.2, 0) is 16.1 Å². The topological polar surface area (TPSA) is 79.1 Å². The van der Waals surface area contributed by atoms with E-state index in [0.29, 0.717) is 22.1 Å². The summed E-state index contributed by atoms with van der Waals surface area (Å²) in [7, 11) is 1.37. The maximum Gasteiger partial charge on any atom is 0.351 e. The Labute approximate surface area is 236 Å². The monoisotopic (exact) mass is 552 g/mol. The molecule has 0 unspecified atom stereocenters. The molecular formula is C32H28N2O5S. The number of carbonyl (C=O) groups is 2. The van der Waals surface area contributed by atoms with Crippen molar-refractivity contribution in [2.75, 3.05) is 7.11 Å². The van der Waals surface area contributed by atoms with Gasteiger partial charge in [0.25, 0.3) is 0 Å². The van der Waals surface area contributed by atoms with Crippen molar-refractivity contribution in [2.24, 2.45) is 0 Å². The van der Waals surface area contributed by atoms with Gasteiger partial charge in [0.05, 0.1) is 29.4 Å². The molecule has 6 rings (SSSR count). The highest BCUT2D eigenvalue weighted by Gasteiger charge is 2.29. The van der Waals surface area contributed by atoms with E-state index in [2.05, 4.69) is 11.1 Å². The molecule has 1 saturated carbocycles. The second kappa shape index (κ2) is 11.0. The van der Waals surface area contributed by atoms with Crippen molar-refractivity contribution < 1.29 is 23.8 Å². The van der Waals surface area contributed by atoms with Crippen LogP contribution in [0.1, 0.15) is 68.5 Å². The van der Waals surface area contributed by atoms with E-state index in [1.54, 1.807) is 18.3 Å². The molecule has 0 amide bonds. The molecule has 3 heterocycles. The lowest BCUT2D eigenvalue weighted by molar-refractivity contribution is 0.0472. The third-order valence-electron chi connectivity index (χ3n) is 7.03. The smallest absolute Gasteiger partial charge is 0.351 e. The Kier molecular flexibility index (Phi) is 7.09. The molecule has 8 heteroatoms. The van der Waals surface area contributed by atoms with Crippen LogP contribution >= 0.6 is 11.3 Å². The SMILES string of the molecule is COC(=O)c1sc(-c2cnc3ccccn23)cc1O[C@H](C)c1ccc(COC(=O)c2ccccc2)cc1C1CC1. The van der Waals surface area contributed by atoms with Gasteiger partial charge in [-0.1, -0.05) is 42.5 Å². The van der Waals surface area contributed by atoms with Gasteiger partial charge in [-0.05, 0) is 66.6 Å². The summed E-state index contributed by atoms with van der Waals surface area (Å²) < 4.78 is 19.1. The summed E-state index contributed by atoms with van der Waals surface area (Å²) >= 11 is 1.33. The predicted molar refractivity (Wildman–Crippen MR) is 153 cm³/mol. The fourth-order valence-corrected chi connectivity index (χ4v) is 5.85. The van der Waals surface area contributed by atoms with Gasteiger partial charge >= 0.3 is 11.9 Å². The van der Waals surface area contributed by atoms with Crippen molar-refractivity contribution in [3.05, 3.63) is 112 Å². The lowest BCUT2D eigenvalue weighted by atomic mass is 9.97. The molecule has 1 aliphatic carbocycles. The highest BCUT2D eigenvalue weighted by atomic mass is 32.1. The summed E-state index contributed by atoms with van der Waals surface area (Å²) in [5.74, 6) is 0.143. The van der Waals surface area contributed by atoms with Gasteiger partial charge in [0.1, 0.15) is 24.1 Å². The molecule has 7 nitrogen and oxygen atoms in total. The van der Waals surface area contributed by atoms with Crippen LogP contribution in [-0.4, -0.2) is 28.4 Å². The largest absolute Gasteiger partial charge is 0.484 e. The van der Waals surface area contributed by atoms with Gasteiger partial charge in [-0.25, -0.2) is 14.6 Å². The number of thiophene rings is 1. The van der Waals surface area contributed by atoms with E-state index in [0.717, 1.165) is 40.2 Å². The first-order chi connectivity index (χ1) is 19.5. The van der Waals surface area contributed by atoms with Gasteiger partial charge < -0.3 is 14.2 Å². The lowest BCUT2D eigenvalue weighted by Crippen LogP contribution is -2.10. The maximum atomic E-state index is 12.7. The third-order valence-corrected chi connectivity index (χ3v) is 8.15. The number of benzene rings is 2. The molecule has 5 aromatic rings. The molecule has 1 aliphatic rings. The summed E-state index contributed by atoms with van der Waals surface area (Å²) in [6, 6.07) is 22.8. The molecular weight excluding hydrogens is 524 g/mol. The Balaban J connectivity index is 1.25. The average Bonchev–Trinajstić information content (AvgIpc) is 3.63. The van der Waals surface area contributed by atoms with Crippen molar-refractivity contribution in [1.29, 1.82) is 0 Å². The van der Waals surface area contributed by atoms with Gasteiger partial charge in [0, 0.05) is 12.3 Å². The number of carbonyl (C=O) groups excluding carboxylic acids is 2. The van der Waals surface area contributed by atoms with E-state index >= 15 is 0 Å². The standard InChI is InChI=1S/C32H28N2O5S/c1-20(24-14-11-21(16-25(24)22-12-13-22)19-38-31(35)23-8-4-3-5-9-23)39-27-17-28(40-30(27)32(36)37-2)26-18-33-29-10-6-7-15-34(26)29/h3-11,14-18,20,22H,12-13,19H2,1-2H3/t20-/m1/s1. The van der Waals surface area contributed by atoms with Crippen LogP contribution in [0.4, 0.5) is 0 Å². The number of ether oxygens (including phenoxy) is 3. The van der Waals surface area contributed by atoms with Crippen molar-refractivity contribution in [3.63, 3.8) is 0 Å². The van der Waals surface area contributed by atoms with E-state index in [1.807, 2.05) is 72.1 Å². The molecule has 1 atom stereocenters. The number of hydrogen-bond acceptors (Lipinski definition) is 7. The van der Waals surface area contributed by atoms with Crippen LogP contribution in [0.5, 0.6) is 5.75 Å². The number of hydrogen-bond donors (Lipinski definition) is 0. The Morgan fingerprint density at radius 1 is 1.02 bits per heavy atom. The number of imidazole rings is 1. The zero-order valence-electron chi connectivity index (χ0n) is 22.2. The molecule has 0 bridgehead atoms. The van der Waals surface area contributed by atoms with Gasteiger partial charge in [0.2, 0.25) is 0 Å². The number of nitrogens with zero attached hydrogens (tertiary/aromatic N) is 2. The van der Waals surface area contributed by atoms with Crippen molar-refractivity contribution in [2.45, 2.75) is 38.4 Å². The van der Waals surface area contributed by atoms with E-state index < -0.39 is 5.97 Å². The van der Waals surface area contributed by atoms with Crippen LogP contribution in [0.3, 0.4) is 0 Å². The van der Waals surface area contributed by atoms with Gasteiger partial charge in [0.15, 0.2) is 4.88 Å². The Hall–Kier alpha value is -4.43. The minimum Gasteiger partial charge on any atom is -0.484 e. The quantitative estimate of drug-likeness (QED) is 0.180. The van der Waals surface area contributed by atoms with Gasteiger partial charge in [-0.2, -0.15) is 0 Å². The summed E-state index contributed by atoms with van der Waals surface area (Å²) in [5, 5.41) is 0. The second-order valence-electron chi connectivity index (χ2n) is 9.81. The molecule has 0 saturated heterocycles. The predicted octanol–water partition coefficient (Wildman–Crippen LogP) is 7.22. The molecule has 0 spiro atoms. The van der Waals surface area contributed by atoms with Crippen LogP contribution in [0, 0.1) is 0 Å². The van der Waals surface area contributed by atoms with E-state index in [4.69, 9.17) is 14.2 Å². The van der Waals surface area contributed by atoms with Crippen LogP contribution in [0.25, 0.3) is 16.2 Å². The van der Waals surface area contributed by atoms with Crippen LogP contribution in [0.15, 0.2) is 85.2 Å². The Bertz CT molecular complexity index is 1690. The first-order valence-electron chi connectivity index (χ1n) is 13.2. The molecule has 0 N–H and O–H groups in total. The first kappa shape index (κ1) is 25.8. The Morgan fingerprint density at radius 3 is 2.60 bits per heavy atom. The summed E-state index contributed by atoms with van der Waals surface area (Å²) in [6.07, 6.45) is 5.64. The van der Waals surface area contributed by atoms with Gasteiger partial charge in [-0.3, -0.25) is 4.40 Å². The van der Waals surface area contributed by atoms with E-state index in [9.17, 15) is 9.59 Å². The zero-order valence-corrected chi connectivity index (χ0v) is 23.0. The summed E-state index contributed by atoms with van der Waals surface area (Å²) in [5.41, 5.74) is 5.41. The number of fused-ring (bicyclic) bond motifs is 1. The minimum atomic E-state index is -0.440. The van der Waals surface area contributed by atoms with Crippen molar-refractivity contribution in [3.8, 4) is 16.3 Å². The highest BCUT2D eigenvalue weighted by molar-refractivity contribution is 7.17. The van der Waals surface area contributed by atoms with Crippen molar-refractivity contribution >= 4 is 28.9 Å². The zero-order chi connectivity index (χ0) is 27.6. The fraction of sp³-hybridized carbons (Fsp3) is 0.219. The highest BCUT2D eigenvalue weighted by Crippen LogP contribution is 2.45. The number of rotatable bonds is 9. The second-order valence-corrected chi connectivity index (χ2v) is 10.9. The number of aromatic nitrogens is 2. The minimum absolute atomic E-state index is 0.197. The Morgan fingerprint density at radius 2 is 1.82 bits per heavy atom. The van der Waals surface area contributed by atoms with Crippen molar-refractivity contribution in [1.82, 2.24) is 9.38 Å². The molecule has 0 radical (unpaired) electrons. The number of esters is 2. The number of methoxy groups -OCH3 is 1. The fourth-order valence-electron chi connectivity index (χ4n) is 4.83. The normalized spacial score (nSPS) is 13.7. The van der Waals surface area contributed by atoms with E-state index in [1.165, 1.54) is 24.0 Å². The molecule has 3 aromatic heterocycles. The molecule has 1 fully saturated rings. The van der Waals surface area contributed by atoms with Crippen LogP contribution < -0.4 is 4.74 Å². The maximum absolute atomic E-state index is 12.7. The first-order valence-corrected chi connectivity index (χ1v) is 14.0. The molecule has 2 aromatic carbocycles. The van der Waals surface area contributed by atoms with E-state index in [-0.39, 0.29) is 18.7 Å². The number of pyridine rings is 1.